The molecule has 2 bridgehead atoms. The quantitative estimate of drug-likeness (QED) is 0.251. The zero-order valence-electron chi connectivity index (χ0n) is 16.7. The van der Waals surface area contributed by atoms with Gasteiger partial charge in [0.1, 0.15) is 11.8 Å². The molecule has 7 unspecified atom stereocenters. The summed E-state index contributed by atoms with van der Waals surface area (Å²) in [5.74, 6) is -0.744. The van der Waals surface area contributed by atoms with Gasteiger partial charge in [0.25, 0.3) is 0 Å². The van der Waals surface area contributed by atoms with E-state index in [0.29, 0.717) is 12.2 Å². The largest absolute Gasteiger partial charge is 0.425 e. The maximum absolute atomic E-state index is 13.3. The van der Waals surface area contributed by atoms with Crippen LogP contribution in [0.2, 0.25) is 0 Å². The van der Waals surface area contributed by atoms with Crippen molar-refractivity contribution in [2.24, 2.45) is 29.6 Å². The maximum Gasteiger partial charge on any atom is 0.334 e. The number of imide groups is 1. The van der Waals surface area contributed by atoms with Crippen LogP contribution < -0.4 is 4.74 Å². The normalized spacial score (nSPS) is 34.1. The number of halogens is 2. The predicted molar refractivity (Wildman–Crippen MR) is 116 cm³/mol. The Morgan fingerprint density at radius 2 is 1.66 bits per heavy atom. The molecule has 0 spiro atoms. The fraction of sp³-hybridized carbons (Fsp3) is 0.591. The highest BCUT2D eigenvalue weighted by molar-refractivity contribution is 9.12. The number of likely N-dealkylation sites (tertiary alicyclic amines) is 1. The standard InChI is InChI=1S/C22H25Br2NO4/c1-10(2)8-14(22(28)29-15-7-5-4-6-11(15)3)25-20(26)16-12-9-13(17(16)21(25)27)19(24)18(12)23/h4-7,10,12-14,16-19H,8-9H2,1-3H3. The molecule has 2 aliphatic carbocycles. The molecule has 5 nitrogen and oxygen atoms in total. The van der Waals surface area contributed by atoms with Gasteiger partial charge < -0.3 is 4.74 Å². The first-order chi connectivity index (χ1) is 13.7. The summed E-state index contributed by atoms with van der Waals surface area (Å²) in [5.41, 5.74) is 0.836. The molecule has 1 aliphatic heterocycles. The number of para-hydroxylation sites is 1. The Morgan fingerprint density at radius 3 is 2.17 bits per heavy atom. The fourth-order valence-corrected chi connectivity index (χ4v) is 7.15. The van der Waals surface area contributed by atoms with Crippen molar-refractivity contribution in [3.8, 4) is 5.75 Å². The molecule has 2 saturated carbocycles. The Labute approximate surface area is 187 Å². The Balaban J connectivity index is 1.62. The maximum atomic E-state index is 13.3. The van der Waals surface area contributed by atoms with Crippen molar-refractivity contribution in [3.05, 3.63) is 29.8 Å². The minimum absolute atomic E-state index is 0.128. The SMILES string of the molecule is Cc1ccccc1OC(=O)C(CC(C)C)N1C(=O)C2C3CC(C(Br)C3Br)C2C1=O. The number of amides is 2. The lowest BCUT2D eigenvalue weighted by molar-refractivity contribution is -0.154. The number of carbonyl (C=O) groups excluding carboxylic acids is 3. The van der Waals surface area contributed by atoms with Crippen LogP contribution in [0.25, 0.3) is 0 Å². The molecule has 156 valence electrons. The van der Waals surface area contributed by atoms with Crippen LogP contribution >= 0.6 is 31.9 Å². The summed E-state index contributed by atoms with van der Waals surface area (Å²) in [5, 5.41) is 0. The fourth-order valence-electron chi connectivity index (χ4n) is 5.28. The summed E-state index contributed by atoms with van der Waals surface area (Å²) < 4.78 is 5.65. The van der Waals surface area contributed by atoms with Gasteiger partial charge in [-0.1, -0.05) is 63.9 Å². The number of benzene rings is 1. The molecular formula is C22H25Br2NO4. The number of carbonyl (C=O) groups is 3. The molecule has 0 radical (unpaired) electrons. The third kappa shape index (κ3) is 3.38. The summed E-state index contributed by atoms with van der Waals surface area (Å²) in [6, 6.07) is 6.37. The lowest BCUT2D eigenvalue weighted by atomic mass is 9.81. The minimum Gasteiger partial charge on any atom is -0.425 e. The first-order valence-corrected chi connectivity index (χ1v) is 12.0. The van der Waals surface area contributed by atoms with Crippen molar-refractivity contribution in [2.45, 2.75) is 49.3 Å². The van der Waals surface area contributed by atoms with E-state index in [1.165, 1.54) is 4.90 Å². The van der Waals surface area contributed by atoms with Crippen LogP contribution in [-0.4, -0.2) is 38.4 Å². The van der Waals surface area contributed by atoms with Gasteiger partial charge in [0.2, 0.25) is 11.8 Å². The van der Waals surface area contributed by atoms with E-state index in [-0.39, 0.29) is 51.1 Å². The van der Waals surface area contributed by atoms with Crippen LogP contribution in [-0.2, 0) is 14.4 Å². The van der Waals surface area contributed by atoms with Crippen LogP contribution in [0.1, 0.15) is 32.3 Å². The Kier molecular flexibility index (Phi) is 5.66. The third-order valence-electron chi connectivity index (χ3n) is 6.60. The van der Waals surface area contributed by atoms with Gasteiger partial charge in [-0.3, -0.25) is 14.5 Å². The number of rotatable bonds is 5. The number of ether oxygens (including phenoxy) is 1. The zero-order valence-corrected chi connectivity index (χ0v) is 19.9. The lowest BCUT2D eigenvalue weighted by Gasteiger charge is -2.28. The van der Waals surface area contributed by atoms with Crippen molar-refractivity contribution in [1.29, 1.82) is 0 Å². The van der Waals surface area contributed by atoms with Gasteiger partial charge in [-0.05, 0) is 49.1 Å². The van der Waals surface area contributed by atoms with Crippen molar-refractivity contribution in [2.75, 3.05) is 0 Å². The molecule has 1 aromatic carbocycles. The Bertz CT molecular complexity index is 825. The molecule has 1 aromatic rings. The van der Waals surface area contributed by atoms with Crippen LogP contribution in [0.15, 0.2) is 24.3 Å². The molecule has 4 rings (SSSR count). The smallest absolute Gasteiger partial charge is 0.334 e. The summed E-state index contributed by atoms with van der Waals surface area (Å²) in [4.78, 5) is 41.4. The molecule has 0 aromatic heterocycles. The van der Waals surface area contributed by atoms with E-state index in [1.54, 1.807) is 12.1 Å². The van der Waals surface area contributed by atoms with Gasteiger partial charge in [-0.25, -0.2) is 4.79 Å². The highest BCUT2D eigenvalue weighted by atomic mass is 79.9. The second-order valence-corrected chi connectivity index (χ2v) is 11.0. The van der Waals surface area contributed by atoms with Gasteiger partial charge in [0.15, 0.2) is 0 Å². The van der Waals surface area contributed by atoms with E-state index in [9.17, 15) is 14.4 Å². The Morgan fingerprint density at radius 1 is 1.10 bits per heavy atom. The molecule has 7 atom stereocenters. The van der Waals surface area contributed by atoms with Crippen LogP contribution in [0.4, 0.5) is 0 Å². The topological polar surface area (TPSA) is 63.7 Å². The van der Waals surface area contributed by atoms with Crippen LogP contribution in [0.5, 0.6) is 5.75 Å². The number of alkyl halides is 2. The third-order valence-corrected chi connectivity index (χ3v) is 9.81. The average Bonchev–Trinajstić information content (AvgIpc) is 3.27. The van der Waals surface area contributed by atoms with Crippen molar-refractivity contribution in [3.63, 3.8) is 0 Å². The van der Waals surface area contributed by atoms with Gasteiger partial charge in [-0.2, -0.15) is 0 Å². The number of aryl methyl sites for hydroxylation is 1. The molecule has 1 saturated heterocycles. The first kappa shape index (κ1) is 21.0. The highest BCUT2D eigenvalue weighted by Crippen LogP contribution is 2.60. The summed E-state index contributed by atoms with van der Waals surface area (Å²) in [6.45, 7) is 5.82. The monoisotopic (exact) mass is 525 g/mol. The summed E-state index contributed by atoms with van der Waals surface area (Å²) in [6.07, 6.45) is 1.27. The number of hydrogen-bond acceptors (Lipinski definition) is 4. The molecule has 3 fully saturated rings. The second-order valence-electron chi connectivity index (χ2n) is 8.88. The van der Waals surface area contributed by atoms with Crippen LogP contribution in [0.3, 0.4) is 0 Å². The van der Waals surface area contributed by atoms with Gasteiger partial charge in [0, 0.05) is 9.65 Å². The molecule has 7 heteroatoms. The molecule has 29 heavy (non-hydrogen) atoms. The van der Waals surface area contributed by atoms with E-state index < -0.39 is 12.0 Å². The predicted octanol–water partition coefficient (Wildman–Crippen LogP) is 4.09. The van der Waals surface area contributed by atoms with E-state index in [2.05, 4.69) is 31.9 Å². The molecule has 3 aliphatic rings. The number of nitrogens with zero attached hydrogens (tertiary/aromatic N) is 1. The van der Waals surface area contributed by atoms with Crippen molar-refractivity contribution >= 4 is 49.6 Å². The van der Waals surface area contributed by atoms with Gasteiger partial charge >= 0.3 is 5.97 Å². The van der Waals surface area contributed by atoms with E-state index in [1.807, 2.05) is 32.9 Å². The molecule has 1 heterocycles. The summed E-state index contributed by atoms with van der Waals surface area (Å²) >= 11 is 7.41. The lowest BCUT2D eigenvalue weighted by Crippen LogP contribution is -2.48. The van der Waals surface area contributed by atoms with Gasteiger partial charge in [0.05, 0.1) is 11.8 Å². The number of esters is 1. The zero-order chi connectivity index (χ0) is 21.0. The minimum atomic E-state index is -0.887. The first-order valence-electron chi connectivity index (χ1n) is 10.1. The molecule has 2 amide bonds. The van der Waals surface area contributed by atoms with E-state index in [4.69, 9.17) is 4.74 Å². The van der Waals surface area contributed by atoms with Crippen LogP contribution in [0, 0.1) is 36.5 Å². The number of fused-ring (bicyclic) bond motifs is 5. The van der Waals surface area contributed by atoms with E-state index >= 15 is 0 Å². The highest BCUT2D eigenvalue weighted by Gasteiger charge is 2.67. The Hall–Kier alpha value is -1.21. The van der Waals surface area contributed by atoms with Gasteiger partial charge in [-0.15, -0.1) is 0 Å². The van der Waals surface area contributed by atoms with E-state index in [0.717, 1.165) is 12.0 Å². The second kappa shape index (κ2) is 7.80. The number of hydrogen-bond donors (Lipinski definition) is 0. The van der Waals surface area contributed by atoms with Crippen molar-refractivity contribution in [1.82, 2.24) is 4.90 Å². The summed E-state index contributed by atoms with van der Waals surface area (Å²) in [7, 11) is 0. The average molecular weight is 527 g/mol. The van der Waals surface area contributed by atoms with Crippen molar-refractivity contribution < 1.29 is 19.1 Å². The molecule has 0 N–H and O–H groups in total. The molecular weight excluding hydrogens is 502 g/mol.